The van der Waals surface area contributed by atoms with Gasteiger partial charge in [0.05, 0.1) is 18.5 Å². The van der Waals surface area contributed by atoms with Gasteiger partial charge in [-0.15, -0.1) is 11.3 Å². The minimum Gasteiger partial charge on any atom is -0.497 e. The van der Waals surface area contributed by atoms with Crippen molar-refractivity contribution in [3.8, 4) is 5.75 Å². The molecule has 7 heteroatoms. The van der Waals surface area contributed by atoms with Gasteiger partial charge in [-0.1, -0.05) is 0 Å². The van der Waals surface area contributed by atoms with Crippen LogP contribution < -0.4 is 4.74 Å². The molecule has 1 aliphatic rings. The molecular formula is C27H33FN2O3S. The van der Waals surface area contributed by atoms with Gasteiger partial charge >= 0.3 is 5.97 Å². The third-order valence-corrected chi connectivity index (χ3v) is 8.02. The Bertz CT molecular complexity index is 1120. The molecule has 1 saturated heterocycles. The van der Waals surface area contributed by atoms with Gasteiger partial charge < -0.3 is 14.7 Å². The van der Waals surface area contributed by atoms with E-state index < -0.39 is 18.1 Å². The Labute approximate surface area is 204 Å². The number of halogens is 1. The van der Waals surface area contributed by atoms with E-state index in [1.54, 1.807) is 19.4 Å². The molecule has 0 spiro atoms. The summed E-state index contributed by atoms with van der Waals surface area (Å²) in [6.45, 7) is 4.45. The van der Waals surface area contributed by atoms with Crippen LogP contribution in [0.4, 0.5) is 4.39 Å². The Balaban J connectivity index is 1.33. The van der Waals surface area contributed by atoms with Crippen molar-refractivity contribution < 1.29 is 19.0 Å². The minimum absolute atomic E-state index is 0.00502. The Morgan fingerprint density at radius 3 is 2.91 bits per heavy atom. The number of carboxylic acid groups (broad SMARTS) is 1. The fourth-order valence-electron chi connectivity index (χ4n) is 5.06. The lowest BCUT2D eigenvalue weighted by Crippen LogP contribution is -2.44. The highest BCUT2D eigenvalue weighted by atomic mass is 32.1. The summed E-state index contributed by atoms with van der Waals surface area (Å²) in [6.07, 6.45) is 4.20. The van der Waals surface area contributed by atoms with Crippen LogP contribution in [-0.4, -0.2) is 47.7 Å². The van der Waals surface area contributed by atoms with Gasteiger partial charge in [-0.2, -0.15) is 0 Å². The van der Waals surface area contributed by atoms with Crippen LogP contribution in [0, 0.1) is 18.8 Å². The first-order chi connectivity index (χ1) is 16.4. The number of methoxy groups -OCH3 is 1. The molecule has 4 rings (SSSR count). The number of ether oxygens (including phenoxy) is 1. The van der Waals surface area contributed by atoms with Gasteiger partial charge in [0.2, 0.25) is 0 Å². The van der Waals surface area contributed by atoms with E-state index in [1.165, 1.54) is 9.75 Å². The van der Waals surface area contributed by atoms with E-state index in [-0.39, 0.29) is 5.92 Å². The van der Waals surface area contributed by atoms with Crippen LogP contribution >= 0.6 is 11.3 Å². The van der Waals surface area contributed by atoms with Crippen LogP contribution in [0.2, 0.25) is 0 Å². The van der Waals surface area contributed by atoms with Gasteiger partial charge in [0.1, 0.15) is 11.9 Å². The molecule has 0 amide bonds. The van der Waals surface area contributed by atoms with Crippen molar-refractivity contribution in [2.75, 3.05) is 26.7 Å². The van der Waals surface area contributed by atoms with E-state index >= 15 is 4.39 Å². The molecule has 1 aromatic carbocycles. The van der Waals surface area contributed by atoms with E-state index in [2.05, 4.69) is 28.9 Å². The largest absolute Gasteiger partial charge is 0.497 e. The summed E-state index contributed by atoms with van der Waals surface area (Å²) in [5, 5.41) is 10.6. The number of hydrogen-bond acceptors (Lipinski definition) is 5. The summed E-state index contributed by atoms with van der Waals surface area (Å²) in [7, 11) is 1.59. The highest BCUT2D eigenvalue weighted by Gasteiger charge is 2.34. The van der Waals surface area contributed by atoms with E-state index in [9.17, 15) is 9.90 Å². The number of carbonyl (C=O) groups is 1. The molecule has 34 heavy (non-hydrogen) atoms. The fraction of sp³-hybridized carbons (Fsp3) is 0.481. The summed E-state index contributed by atoms with van der Waals surface area (Å²) < 4.78 is 20.7. The normalized spacial score (nSPS) is 19.9. The molecule has 1 N–H and O–H groups in total. The zero-order valence-corrected chi connectivity index (χ0v) is 20.7. The van der Waals surface area contributed by atoms with E-state index in [1.807, 2.05) is 29.5 Å². The van der Waals surface area contributed by atoms with Gasteiger partial charge in [-0.05, 0) is 100.0 Å². The number of benzene rings is 1. The summed E-state index contributed by atoms with van der Waals surface area (Å²) >= 11 is 1.83. The number of pyridine rings is 1. The number of alkyl halides is 1. The first kappa shape index (κ1) is 24.6. The topological polar surface area (TPSA) is 62.7 Å². The standard InChI is InChI=1S/C27H33FN2O3S/c1-18-5-8-21(34-18)4-3-14-30-15-12-19(24(17-30)27(31)32)6-9-25(28)22-11-13-29-26-10-7-20(33-2)16-23(22)26/h5,7-8,10-11,13,16,19,24-25H,3-4,6,9,12,14-15,17H2,1-2H3,(H,31,32)/t19-,24+,25-/m1/s1. The van der Waals surface area contributed by atoms with E-state index in [4.69, 9.17) is 4.74 Å². The van der Waals surface area contributed by atoms with Crippen LogP contribution in [0.3, 0.4) is 0 Å². The van der Waals surface area contributed by atoms with Crippen LogP contribution in [-0.2, 0) is 11.2 Å². The van der Waals surface area contributed by atoms with Gasteiger partial charge in [0.25, 0.3) is 0 Å². The molecule has 1 aliphatic heterocycles. The van der Waals surface area contributed by atoms with Gasteiger partial charge in [0.15, 0.2) is 0 Å². The lowest BCUT2D eigenvalue weighted by molar-refractivity contribution is -0.146. The van der Waals surface area contributed by atoms with Crippen molar-refractivity contribution in [1.29, 1.82) is 0 Å². The molecule has 3 heterocycles. The quantitative estimate of drug-likeness (QED) is 0.379. The van der Waals surface area contributed by atoms with Crippen LogP contribution in [0.5, 0.6) is 5.75 Å². The molecule has 182 valence electrons. The first-order valence-corrected chi connectivity index (χ1v) is 12.8. The highest BCUT2D eigenvalue weighted by molar-refractivity contribution is 7.11. The summed E-state index contributed by atoms with van der Waals surface area (Å²) in [5.41, 5.74) is 1.33. The van der Waals surface area contributed by atoms with Crippen LogP contribution in [0.1, 0.15) is 47.2 Å². The summed E-state index contributed by atoms with van der Waals surface area (Å²) in [4.78, 5) is 21.3. The predicted molar refractivity (Wildman–Crippen MR) is 134 cm³/mol. The number of hydrogen-bond donors (Lipinski definition) is 1. The number of piperidine rings is 1. The second-order valence-electron chi connectivity index (χ2n) is 9.24. The molecule has 5 nitrogen and oxygen atoms in total. The molecule has 0 aliphatic carbocycles. The monoisotopic (exact) mass is 484 g/mol. The van der Waals surface area contributed by atoms with Crippen molar-refractivity contribution in [1.82, 2.24) is 9.88 Å². The summed E-state index contributed by atoms with van der Waals surface area (Å²) in [5.74, 6) is -0.548. The van der Waals surface area contributed by atoms with Crippen LogP contribution in [0.25, 0.3) is 10.9 Å². The lowest BCUT2D eigenvalue weighted by atomic mass is 9.81. The highest BCUT2D eigenvalue weighted by Crippen LogP contribution is 2.35. The van der Waals surface area contributed by atoms with Gasteiger partial charge in [0, 0.05) is 27.9 Å². The van der Waals surface area contributed by atoms with E-state index in [0.29, 0.717) is 30.7 Å². The fourth-order valence-corrected chi connectivity index (χ4v) is 5.99. The van der Waals surface area contributed by atoms with E-state index in [0.717, 1.165) is 43.3 Å². The Kier molecular flexibility index (Phi) is 8.16. The number of fused-ring (bicyclic) bond motifs is 1. The van der Waals surface area contributed by atoms with Crippen LogP contribution in [0.15, 0.2) is 42.6 Å². The molecule has 0 saturated carbocycles. The number of aryl methyl sites for hydroxylation is 2. The maximum absolute atomic E-state index is 15.4. The minimum atomic E-state index is -1.17. The van der Waals surface area contributed by atoms with Crippen molar-refractivity contribution in [2.45, 2.75) is 45.2 Å². The second kappa shape index (κ2) is 11.3. The zero-order valence-electron chi connectivity index (χ0n) is 19.9. The second-order valence-corrected chi connectivity index (χ2v) is 10.6. The molecule has 3 aromatic rings. The number of likely N-dealkylation sites (tertiary alicyclic amines) is 1. The average Bonchev–Trinajstić information content (AvgIpc) is 3.26. The Morgan fingerprint density at radius 1 is 1.32 bits per heavy atom. The lowest BCUT2D eigenvalue weighted by Gasteiger charge is -2.36. The van der Waals surface area contributed by atoms with Crippen molar-refractivity contribution in [3.63, 3.8) is 0 Å². The SMILES string of the molecule is COc1ccc2nccc([C@H](F)CC[C@@H]3CCN(CCCc4ccc(C)s4)C[C@@H]3C(=O)O)c2c1. The Morgan fingerprint density at radius 2 is 2.18 bits per heavy atom. The first-order valence-electron chi connectivity index (χ1n) is 12.0. The Hall–Kier alpha value is -2.51. The molecule has 2 aromatic heterocycles. The van der Waals surface area contributed by atoms with Crippen molar-refractivity contribution >= 4 is 28.2 Å². The number of rotatable bonds is 10. The molecule has 0 bridgehead atoms. The molecule has 3 atom stereocenters. The zero-order chi connectivity index (χ0) is 24.1. The summed E-state index contributed by atoms with van der Waals surface area (Å²) in [6, 6.07) is 11.5. The van der Waals surface area contributed by atoms with Gasteiger partial charge in [-0.25, -0.2) is 4.39 Å². The third kappa shape index (κ3) is 5.94. The maximum Gasteiger partial charge on any atom is 0.308 e. The number of aromatic nitrogens is 1. The average molecular weight is 485 g/mol. The van der Waals surface area contributed by atoms with Crippen molar-refractivity contribution in [2.24, 2.45) is 11.8 Å². The van der Waals surface area contributed by atoms with Gasteiger partial charge in [-0.3, -0.25) is 9.78 Å². The molecule has 0 unspecified atom stereocenters. The maximum atomic E-state index is 15.4. The molecule has 0 radical (unpaired) electrons. The number of thiophene rings is 1. The third-order valence-electron chi connectivity index (χ3n) is 6.96. The molecule has 1 fully saturated rings. The number of nitrogens with zero attached hydrogens (tertiary/aromatic N) is 2. The molecular weight excluding hydrogens is 451 g/mol. The van der Waals surface area contributed by atoms with Crippen molar-refractivity contribution in [3.05, 3.63) is 57.9 Å². The number of aliphatic carboxylic acids is 1. The predicted octanol–water partition coefficient (Wildman–Crippen LogP) is 6.06. The number of carboxylic acids is 1. The smallest absolute Gasteiger partial charge is 0.308 e.